The summed E-state index contributed by atoms with van der Waals surface area (Å²) < 4.78 is 15.3. The zero-order valence-corrected chi connectivity index (χ0v) is 7.91. The molecule has 0 saturated carbocycles. The molecule has 0 aromatic heterocycles. The highest BCUT2D eigenvalue weighted by atomic mass is 16.7. The van der Waals surface area contributed by atoms with Gasteiger partial charge in [-0.05, 0) is 13.8 Å². The van der Waals surface area contributed by atoms with Crippen molar-refractivity contribution in [2.75, 3.05) is 13.2 Å². The van der Waals surface area contributed by atoms with Crippen molar-refractivity contribution < 1.29 is 19.0 Å². The molecule has 74 valence electrons. The van der Waals surface area contributed by atoms with Crippen molar-refractivity contribution in [1.82, 2.24) is 0 Å². The quantitative estimate of drug-likeness (QED) is 0.484. The van der Waals surface area contributed by atoms with Crippen molar-refractivity contribution in [2.45, 2.75) is 26.2 Å². The molecule has 4 heteroatoms. The second-order valence-corrected chi connectivity index (χ2v) is 3.09. The van der Waals surface area contributed by atoms with Crippen LogP contribution in [-0.2, 0) is 19.0 Å². The van der Waals surface area contributed by atoms with Crippen molar-refractivity contribution in [3.05, 3.63) is 12.2 Å². The van der Waals surface area contributed by atoms with Gasteiger partial charge in [0.1, 0.15) is 6.61 Å². The van der Waals surface area contributed by atoms with Crippen LogP contribution in [0, 0.1) is 0 Å². The van der Waals surface area contributed by atoms with Gasteiger partial charge in [0.15, 0.2) is 6.29 Å². The minimum atomic E-state index is -0.418. The van der Waals surface area contributed by atoms with E-state index >= 15 is 0 Å². The zero-order chi connectivity index (χ0) is 9.84. The maximum Gasteiger partial charge on any atom is 0.333 e. The fraction of sp³-hybridized carbons (Fsp3) is 0.667. The van der Waals surface area contributed by atoms with E-state index in [1.165, 1.54) is 0 Å². The number of carbonyl (C=O) groups is 1. The first kappa shape index (κ1) is 10.2. The van der Waals surface area contributed by atoms with E-state index < -0.39 is 12.3 Å². The SMILES string of the molecule is C=C(C)C(=O)OCC1OCC(C)O1. The molecule has 0 aliphatic carbocycles. The summed E-state index contributed by atoms with van der Waals surface area (Å²) in [4.78, 5) is 10.9. The Morgan fingerprint density at radius 3 is 2.85 bits per heavy atom. The molecule has 1 saturated heterocycles. The molecule has 13 heavy (non-hydrogen) atoms. The molecule has 0 aromatic rings. The Morgan fingerprint density at radius 2 is 2.38 bits per heavy atom. The minimum absolute atomic E-state index is 0.0773. The number of rotatable bonds is 3. The third-order valence-corrected chi connectivity index (χ3v) is 1.60. The Labute approximate surface area is 77.5 Å². The van der Waals surface area contributed by atoms with Gasteiger partial charge < -0.3 is 14.2 Å². The highest BCUT2D eigenvalue weighted by Gasteiger charge is 2.23. The van der Waals surface area contributed by atoms with Crippen LogP contribution in [0.15, 0.2) is 12.2 Å². The molecule has 0 N–H and O–H groups in total. The standard InChI is InChI=1S/C9H14O4/c1-6(2)9(10)12-5-8-11-4-7(3)13-8/h7-8H,1,4-5H2,2-3H3. The molecule has 0 radical (unpaired) electrons. The average Bonchev–Trinajstić information content (AvgIpc) is 2.47. The minimum Gasteiger partial charge on any atom is -0.457 e. The van der Waals surface area contributed by atoms with Gasteiger partial charge in [0, 0.05) is 5.57 Å². The van der Waals surface area contributed by atoms with E-state index in [0.29, 0.717) is 12.2 Å². The number of carbonyl (C=O) groups excluding carboxylic acids is 1. The molecule has 1 heterocycles. The van der Waals surface area contributed by atoms with Crippen LogP contribution >= 0.6 is 0 Å². The lowest BCUT2D eigenvalue weighted by Gasteiger charge is -2.09. The van der Waals surface area contributed by atoms with E-state index in [1.54, 1.807) is 6.92 Å². The molecule has 1 rings (SSSR count). The predicted octanol–water partition coefficient (Wildman–Crippen LogP) is 0.867. The van der Waals surface area contributed by atoms with E-state index in [2.05, 4.69) is 6.58 Å². The van der Waals surface area contributed by atoms with Crippen LogP contribution in [-0.4, -0.2) is 31.6 Å². The summed E-state index contributed by atoms with van der Waals surface area (Å²) in [7, 11) is 0. The Hall–Kier alpha value is -0.870. The first-order valence-corrected chi connectivity index (χ1v) is 4.19. The van der Waals surface area contributed by atoms with E-state index in [-0.39, 0.29) is 12.7 Å². The number of hydrogen-bond acceptors (Lipinski definition) is 4. The fourth-order valence-electron chi connectivity index (χ4n) is 0.935. The largest absolute Gasteiger partial charge is 0.457 e. The molecule has 1 fully saturated rings. The van der Waals surface area contributed by atoms with Gasteiger partial charge in [-0.25, -0.2) is 4.79 Å². The van der Waals surface area contributed by atoms with Crippen molar-refractivity contribution in [3.63, 3.8) is 0 Å². The predicted molar refractivity (Wildman–Crippen MR) is 46.1 cm³/mol. The van der Waals surface area contributed by atoms with Crippen LogP contribution in [0.2, 0.25) is 0 Å². The molecule has 0 bridgehead atoms. The van der Waals surface area contributed by atoms with Crippen LogP contribution in [0.5, 0.6) is 0 Å². The summed E-state index contributed by atoms with van der Waals surface area (Å²) in [6.07, 6.45) is -0.341. The van der Waals surface area contributed by atoms with Crippen molar-refractivity contribution >= 4 is 5.97 Å². The monoisotopic (exact) mass is 186 g/mol. The van der Waals surface area contributed by atoms with Gasteiger partial charge >= 0.3 is 5.97 Å². The second kappa shape index (κ2) is 4.39. The Kier molecular flexibility index (Phi) is 3.45. The van der Waals surface area contributed by atoms with Crippen molar-refractivity contribution in [2.24, 2.45) is 0 Å². The Bertz CT molecular complexity index is 212. The third-order valence-electron chi connectivity index (χ3n) is 1.60. The molecule has 0 amide bonds. The maximum absolute atomic E-state index is 10.9. The van der Waals surface area contributed by atoms with Gasteiger partial charge in [-0.1, -0.05) is 6.58 Å². The first-order chi connectivity index (χ1) is 6.09. The Balaban J connectivity index is 2.20. The van der Waals surface area contributed by atoms with Gasteiger partial charge in [0.05, 0.1) is 12.7 Å². The topological polar surface area (TPSA) is 44.8 Å². The van der Waals surface area contributed by atoms with Crippen molar-refractivity contribution in [1.29, 1.82) is 0 Å². The summed E-state index contributed by atoms with van der Waals surface area (Å²) in [6, 6.07) is 0. The first-order valence-electron chi connectivity index (χ1n) is 4.19. The Morgan fingerprint density at radius 1 is 1.69 bits per heavy atom. The highest BCUT2D eigenvalue weighted by Crippen LogP contribution is 2.11. The number of hydrogen-bond donors (Lipinski definition) is 0. The molecule has 0 spiro atoms. The van der Waals surface area contributed by atoms with Gasteiger partial charge in [0.25, 0.3) is 0 Å². The summed E-state index contributed by atoms with van der Waals surface area (Å²) in [6.45, 7) is 7.65. The molecule has 0 aromatic carbocycles. The average molecular weight is 186 g/mol. The van der Waals surface area contributed by atoms with Gasteiger partial charge in [-0.15, -0.1) is 0 Å². The fourth-order valence-corrected chi connectivity index (χ4v) is 0.935. The van der Waals surface area contributed by atoms with E-state index in [0.717, 1.165) is 0 Å². The lowest BCUT2D eigenvalue weighted by molar-refractivity contribution is -0.152. The lowest BCUT2D eigenvalue weighted by atomic mass is 10.4. The van der Waals surface area contributed by atoms with Crippen LogP contribution in [0.25, 0.3) is 0 Å². The molecule has 4 nitrogen and oxygen atoms in total. The van der Waals surface area contributed by atoms with Crippen molar-refractivity contribution in [3.8, 4) is 0 Å². The molecular formula is C9H14O4. The van der Waals surface area contributed by atoms with E-state index in [9.17, 15) is 4.79 Å². The highest BCUT2D eigenvalue weighted by molar-refractivity contribution is 5.86. The number of esters is 1. The van der Waals surface area contributed by atoms with Crippen LogP contribution < -0.4 is 0 Å². The maximum atomic E-state index is 10.9. The molecule has 2 unspecified atom stereocenters. The van der Waals surface area contributed by atoms with Crippen LogP contribution in [0.4, 0.5) is 0 Å². The second-order valence-electron chi connectivity index (χ2n) is 3.09. The summed E-state index contributed by atoms with van der Waals surface area (Å²) >= 11 is 0. The van der Waals surface area contributed by atoms with E-state index in [1.807, 2.05) is 6.92 Å². The molecule has 1 aliphatic heterocycles. The van der Waals surface area contributed by atoms with Gasteiger partial charge in [0.2, 0.25) is 0 Å². The lowest BCUT2D eigenvalue weighted by Crippen LogP contribution is -2.20. The molecule has 2 atom stereocenters. The number of ether oxygens (including phenoxy) is 3. The zero-order valence-electron chi connectivity index (χ0n) is 7.91. The van der Waals surface area contributed by atoms with Gasteiger partial charge in [-0.3, -0.25) is 0 Å². The third kappa shape index (κ3) is 3.16. The van der Waals surface area contributed by atoms with Gasteiger partial charge in [-0.2, -0.15) is 0 Å². The van der Waals surface area contributed by atoms with Crippen LogP contribution in [0.1, 0.15) is 13.8 Å². The molecular weight excluding hydrogens is 172 g/mol. The smallest absolute Gasteiger partial charge is 0.333 e. The van der Waals surface area contributed by atoms with Crippen LogP contribution in [0.3, 0.4) is 0 Å². The molecule has 1 aliphatic rings. The summed E-state index contributed by atoms with van der Waals surface area (Å²) in [5.74, 6) is -0.410. The summed E-state index contributed by atoms with van der Waals surface area (Å²) in [5.41, 5.74) is 0.381. The normalized spacial score (nSPS) is 27.2. The van der Waals surface area contributed by atoms with E-state index in [4.69, 9.17) is 14.2 Å². The summed E-state index contributed by atoms with van der Waals surface area (Å²) in [5, 5.41) is 0.